The number of carboxylic acids is 1. The lowest BCUT2D eigenvalue weighted by atomic mass is 10.0. The zero-order valence-corrected chi connectivity index (χ0v) is 19.3. The molecule has 0 unspecified atom stereocenters. The Morgan fingerprint density at radius 2 is 2.18 bits per heavy atom. The van der Waals surface area contributed by atoms with Crippen LogP contribution >= 0.6 is 0 Å². The van der Waals surface area contributed by atoms with Crippen molar-refractivity contribution < 1.29 is 19.2 Å². The van der Waals surface area contributed by atoms with Crippen LogP contribution in [0.5, 0.6) is 5.88 Å². The monoisotopic (exact) mass is 462 g/mol. The summed E-state index contributed by atoms with van der Waals surface area (Å²) >= 11 is 0. The number of hydrogen-bond acceptors (Lipinski definition) is 9. The van der Waals surface area contributed by atoms with Gasteiger partial charge >= 0.3 is 5.97 Å². The molecule has 0 fully saturated rings. The van der Waals surface area contributed by atoms with Crippen molar-refractivity contribution in [2.75, 3.05) is 18.0 Å². The Morgan fingerprint density at radius 1 is 1.35 bits per heavy atom. The highest BCUT2D eigenvalue weighted by atomic mass is 16.5. The number of carboxylic acid groups (broad SMARTS) is 1. The Bertz CT molecular complexity index is 1230. The van der Waals surface area contributed by atoms with Crippen molar-refractivity contribution in [3.8, 4) is 23.4 Å². The van der Waals surface area contributed by atoms with Gasteiger partial charge in [0, 0.05) is 31.0 Å². The van der Waals surface area contributed by atoms with Crippen molar-refractivity contribution in [3.05, 3.63) is 47.2 Å². The summed E-state index contributed by atoms with van der Waals surface area (Å²) in [7, 11) is 0. The number of ether oxygens (including phenoxy) is 1. The fraction of sp³-hybridized carbons (Fsp3) is 0.375. The molecule has 1 aliphatic rings. The van der Waals surface area contributed by atoms with E-state index in [9.17, 15) is 10.1 Å². The van der Waals surface area contributed by atoms with Gasteiger partial charge in [-0.2, -0.15) is 10.2 Å². The Morgan fingerprint density at radius 3 is 2.91 bits per heavy atom. The van der Waals surface area contributed by atoms with E-state index in [4.69, 9.17) is 14.4 Å². The minimum absolute atomic E-state index is 0.0416. The van der Waals surface area contributed by atoms with Gasteiger partial charge in [0.05, 0.1) is 18.1 Å². The Balaban J connectivity index is 1.50. The quantitative estimate of drug-likeness (QED) is 0.485. The minimum Gasteiger partial charge on any atom is -0.481 e. The van der Waals surface area contributed by atoms with Crippen LogP contribution in [0.25, 0.3) is 11.5 Å². The fourth-order valence-electron chi connectivity index (χ4n) is 3.82. The molecule has 0 bridgehead atoms. The second-order valence-corrected chi connectivity index (χ2v) is 8.36. The highest BCUT2D eigenvalue weighted by Gasteiger charge is 2.26. The Kier molecular flexibility index (Phi) is 6.75. The number of rotatable bonds is 9. The number of hydrogen-bond donors (Lipinski definition) is 2. The average Bonchev–Trinajstić information content (AvgIpc) is 3.45. The van der Waals surface area contributed by atoms with Crippen molar-refractivity contribution in [1.29, 1.82) is 5.26 Å². The molecule has 0 radical (unpaired) electrons. The van der Waals surface area contributed by atoms with Crippen LogP contribution < -0.4 is 15.0 Å². The number of nitriles is 1. The fourth-order valence-corrected chi connectivity index (χ4v) is 3.82. The summed E-state index contributed by atoms with van der Waals surface area (Å²) in [6.07, 6.45) is 2.37. The molecule has 2 aromatic heterocycles. The van der Waals surface area contributed by atoms with Crippen molar-refractivity contribution in [2.24, 2.45) is 0 Å². The lowest BCUT2D eigenvalue weighted by Gasteiger charge is -2.17. The van der Waals surface area contributed by atoms with E-state index in [1.807, 2.05) is 37.8 Å². The zero-order valence-electron chi connectivity index (χ0n) is 19.3. The first-order chi connectivity index (χ1) is 16.4. The SMILES string of the molecule is CC(C)Oc1ncc(-c2nc(N3CCc4cc([C@H](C)NCCC(=O)O)ccc43)no2)cc1C#N. The second-order valence-electron chi connectivity index (χ2n) is 8.36. The molecule has 0 amide bonds. The first-order valence-corrected chi connectivity index (χ1v) is 11.1. The maximum atomic E-state index is 10.7. The summed E-state index contributed by atoms with van der Waals surface area (Å²) < 4.78 is 11.0. The minimum atomic E-state index is -0.816. The number of nitrogens with zero attached hydrogens (tertiary/aromatic N) is 5. The van der Waals surface area contributed by atoms with E-state index in [1.165, 1.54) is 5.56 Å². The third-order valence-electron chi connectivity index (χ3n) is 5.51. The molecular weight excluding hydrogens is 436 g/mol. The van der Waals surface area contributed by atoms with E-state index in [2.05, 4.69) is 32.6 Å². The molecule has 1 aromatic carbocycles. The first-order valence-electron chi connectivity index (χ1n) is 11.1. The van der Waals surface area contributed by atoms with E-state index in [-0.39, 0.29) is 30.3 Å². The molecule has 34 heavy (non-hydrogen) atoms. The summed E-state index contributed by atoms with van der Waals surface area (Å²) in [5.74, 6) is 0.173. The number of benzene rings is 1. The third-order valence-corrected chi connectivity index (χ3v) is 5.51. The number of fused-ring (bicyclic) bond motifs is 1. The molecular formula is C24H26N6O4. The molecule has 4 rings (SSSR count). The molecule has 2 N–H and O–H groups in total. The van der Waals surface area contributed by atoms with E-state index >= 15 is 0 Å². The van der Waals surface area contributed by atoms with Gasteiger partial charge < -0.3 is 24.6 Å². The van der Waals surface area contributed by atoms with Gasteiger partial charge in [-0.15, -0.1) is 0 Å². The lowest BCUT2D eigenvalue weighted by molar-refractivity contribution is -0.136. The molecule has 176 valence electrons. The van der Waals surface area contributed by atoms with Gasteiger partial charge in [0.2, 0.25) is 5.88 Å². The van der Waals surface area contributed by atoms with Gasteiger partial charge in [-0.05, 0) is 55.6 Å². The molecule has 0 aliphatic carbocycles. The normalized spacial score (nSPS) is 13.6. The molecule has 1 aliphatic heterocycles. The predicted octanol–water partition coefficient (Wildman–Crippen LogP) is 3.61. The number of aromatic nitrogens is 3. The maximum Gasteiger partial charge on any atom is 0.304 e. The molecule has 0 spiro atoms. The number of aliphatic carboxylic acids is 1. The maximum absolute atomic E-state index is 10.7. The van der Waals surface area contributed by atoms with Crippen LogP contribution in [0.1, 0.15) is 49.9 Å². The van der Waals surface area contributed by atoms with Gasteiger partial charge in [-0.3, -0.25) is 4.79 Å². The molecule has 10 nitrogen and oxygen atoms in total. The molecule has 3 heterocycles. The highest BCUT2D eigenvalue weighted by Crippen LogP contribution is 2.35. The van der Waals surface area contributed by atoms with Gasteiger partial charge in [-0.1, -0.05) is 12.1 Å². The standard InChI is InChI=1S/C24H26N6O4/c1-14(2)33-22-18(12-25)11-19(13-27-22)23-28-24(29-34-23)30-9-7-17-10-16(4-5-20(17)30)15(3)26-8-6-21(31)32/h4-5,10-11,13-15,26H,6-9H2,1-3H3,(H,31,32)/t15-/m0/s1. The molecule has 3 aromatic rings. The van der Waals surface area contributed by atoms with E-state index in [0.29, 0.717) is 30.2 Å². The van der Waals surface area contributed by atoms with Crippen LogP contribution in [0.2, 0.25) is 0 Å². The largest absolute Gasteiger partial charge is 0.481 e. The smallest absolute Gasteiger partial charge is 0.304 e. The van der Waals surface area contributed by atoms with Gasteiger partial charge in [0.25, 0.3) is 11.8 Å². The van der Waals surface area contributed by atoms with Gasteiger partial charge in [-0.25, -0.2) is 4.98 Å². The highest BCUT2D eigenvalue weighted by molar-refractivity contribution is 5.68. The summed E-state index contributed by atoms with van der Waals surface area (Å²) in [4.78, 5) is 21.5. The molecule has 0 saturated carbocycles. The van der Waals surface area contributed by atoms with Gasteiger partial charge in [0.1, 0.15) is 11.6 Å². The summed E-state index contributed by atoms with van der Waals surface area (Å²) in [5.41, 5.74) is 4.11. The summed E-state index contributed by atoms with van der Waals surface area (Å²) in [6.45, 7) is 6.88. The average molecular weight is 463 g/mol. The van der Waals surface area contributed by atoms with E-state index < -0.39 is 5.97 Å². The second kappa shape index (κ2) is 9.89. The third kappa shape index (κ3) is 5.00. The molecule has 10 heteroatoms. The van der Waals surface area contributed by atoms with Crippen LogP contribution in [-0.2, 0) is 11.2 Å². The van der Waals surface area contributed by atoms with Gasteiger partial charge in [0.15, 0.2) is 0 Å². The van der Waals surface area contributed by atoms with Crippen molar-refractivity contribution in [2.45, 2.75) is 45.8 Å². The van der Waals surface area contributed by atoms with E-state index in [1.54, 1.807) is 12.3 Å². The van der Waals surface area contributed by atoms with Crippen LogP contribution in [-0.4, -0.2) is 45.4 Å². The Hall–Kier alpha value is -3.97. The predicted molar refractivity (Wildman–Crippen MR) is 124 cm³/mol. The molecule has 1 atom stereocenters. The van der Waals surface area contributed by atoms with Crippen LogP contribution in [0.3, 0.4) is 0 Å². The number of nitrogens with one attached hydrogen (secondary N) is 1. The lowest BCUT2D eigenvalue weighted by Crippen LogP contribution is -2.22. The van der Waals surface area contributed by atoms with Crippen molar-refractivity contribution in [1.82, 2.24) is 20.4 Å². The Labute approximate surface area is 197 Å². The topological polar surface area (TPSA) is 137 Å². The summed E-state index contributed by atoms with van der Waals surface area (Å²) in [6, 6.07) is 9.94. The van der Waals surface area contributed by atoms with E-state index in [0.717, 1.165) is 17.7 Å². The van der Waals surface area contributed by atoms with Crippen LogP contribution in [0, 0.1) is 11.3 Å². The van der Waals surface area contributed by atoms with Crippen molar-refractivity contribution in [3.63, 3.8) is 0 Å². The summed E-state index contributed by atoms with van der Waals surface area (Å²) in [5, 5.41) is 25.6. The number of carbonyl (C=O) groups is 1. The van der Waals surface area contributed by atoms with Crippen LogP contribution in [0.4, 0.5) is 11.6 Å². The molecule has 0 saturated heterocycles. The zero-order chi connectivity index (χ0) is 24.2. The number of anilines is 2. The first kappa shape index (κ1) is 23.2. The number of pyridine rings is 1. The van der Waals surface area contributed by atoms with Crippen molar-refractivity contribution >= 4 is 17.6 Å². The van der Waals surface area contributed by atoms with Crippen LogP contribution in [0.15, 0.2) is 35.0 Å².